The van der Waals surface area contributed by atoms with Gasteiger partial charge < -0.3 is 24.4 Å². The van der Waals surface area contributed by atoms with Crippen LogP contribution in [0.15, 0.2) is 67.1 Å². The van der Waals surface area contributed by atoms with Crippen molar-refractivity contribution in [2.24, 2.45) is 0 Å². The number of ether oxygens (including phenoxy) is 1. The summed E-state index contributed by atoms with van der Waals surface area (Å²) in [5, 5.41) is 8.38. The lowest BCUT2D eigenvalue weighted by Gasteiger charge is -2.30. The Morgan fingerprint density at radius 3 is 2.68 bits per heavy atom. The van der Waals surface area contributed by atoms with Crippen molar-refractivity contribution in [2.45, 2.75) is 44.5 Å². The minimum absolute atomic E-state index is 0.000595. The van der Waals surface area contributed by atoms with E-state index in [1.807, 2.05) is 48.2 Å². The van der Waals surface area contributed by atoms with Gasteiger partial charge in [0.25, 0.3) is 6.43 Å². The number of likely N-dealkylation sites (N-methyl/N-ethyl adjacent to an activating group) is 1. The van der Waals surface area contributed by atoms with E-state index in [1.54, 1.807) is 19.1 Å². The number of nitrogens with zero attached hydrogens (tertiary/aromatic N) is 9. The molecule has 4 bridgehead atoms. The number of nitrogens with one attached hydrogen (secondary N) is 1. The molecule has 3 atom stereocenters. The third kappa shape index (κ3) is 5.37. The lowest BCUT2D eigenvalue weighted by molar-refractivity contribution is -0.132. The molecule has 15 heteroatoms. The molecule has 2 aromatic carbocycles. The van der Waals surface area contributed by atoms with Gasteiger partial charge in [0.05, 0.1) is 46.6 Å². The lowest BCUT2D eigenvalue weighted by Crippen LogP contribution is -2.47. The number of halogens is 3. The van der Waals surface area contributed by atoms with Gasteiger partial charge in [-0.05, 0) is 49.7 Å². The maximum absolute atomic E-state index is 14.4. The van der Waals surface area contributed by atoms with E-state index in [2.05, 4.69) is 25.0 Å². The number of fused-ring (bicyclic) bond motifs is 6. The first-order valence-electron chi connectivity index (χ1n) is 16.2. The van der Waals surface area contributed by atoms with Crippen LogP contribution >= 0.6 is 0 Å². The van der Waals surface area contributed by atoms with Gasteiger partial charge in [-0.1, -0.05) is 18.2 Å². The minimum Gasteiger partial charge on any atom is -0.378 e. The number of hydrogen-bond acceptors (Lipinski definition) is 9. The van der Waals surface area contributed by atoms with E-state index < -0.39 is 23.8 Å². The first-order chi connectivity index (χ1) is 24.2. The Hall–Kier alpha value is -5.57. The third-order valence-electron chi connectivity index (χ3n) is 9.56. The average molecular weight is 683 g/mol. The van der Waals surface area contributed by atoms with Crippen molar-refractivity contribution in [3.63, 3.8) is 0 Å². The fraction of sp³-hybridized carbons (Fsp3) is 0.314. The summed E-state index contributed by atoms with van der Waals surface area (Å²) < 4.78 is 51.2. The van der Waals surface area contributed by atoms with Crippen molar-refractivity contribution < 1.29 is 22.7 Å². The molecule has 2 aliphatic heterocycles. The second kappa shape index (κ2) is 12.4. The fourth-order valence-electron chi connectivity index (χ4n) is 7.20. The van der Waals surface area contributed by atoms with Gasteiger partial charge in [0, 0.05) is 44.4 Å². The van der Waals surface area contributed by atoms with Gasteiger partial charge in [-0.3, -0.25) is 4.79 Å². The van der Waals surface area contributed by atoms with Crippen LogP contribution in [0.2, 0.25) is 0 Å². The molecular weight excluding hydrogens is 649 g/mol. The summed E-state index contributed by atoms with van der Waals surface area (Å²) in [4.78, 5) is 36.7. The Bertz CT molecular complexity index is 2260. The van der Waals surface area contributed by atoms with E-state index in [9.17, 15) is 18.0 Å². The predicted octanol–water partition coefficient (Wildman–Crippen LogP) is 5.16. The van der Waals surface area contributed by atoms with E-state index in [4.69, 9.17) is 14.7 Å². The minimum atomic E-state index is -2.94. The quantitative estimate of drug-likeness (QED) is 0.269. The highest BCUT2D eigenvalue weighted by Crippen LogP contribution is 2.35. The molecule has 12 nitrogen and oxygen atoms in total. The molecule has 50 heavy (non-hydrogen) atoms. The maximum atomic E-state index is 14.4. The van der Waals surface area contributed by atoms with E-state index in [-0.39, 0.29) is 29.4 Å². The first kappa shape index (κ1) is 31.7. The molecule has 0 saturated carbocycles. The molecule has 1 fully saturated rings. The van der Waals surface area contributed by atoms with Crippen molar-refractivity contribution >= 4 is 39.6 Å². The monoisotopic (exact) mass is 682 g/mol. The van der Waals surface area contributed by atoms with Gasteiger partial charge in [0.1, 0.15) is 35.6 Å². The third-order valence-corrected chi connectivity index (χ3v) is 9.56. The summed E-state index contributed by atoms with van der Waals surface area (Å²) in [5.74, 6) is 0.973. The molecule has 0 aliphatic carbocycles. The smallest absolute Gasteiger partial charge is 0.266 e. The van der Waals surface area contributed by atoms with Gasteiger partial charge in [-0.2, -0.15) is 5.10 Å². The number of aromatic nitrogens is 7. The summed E-state index contributed by atoms with van der Waals surface area (Å²) in [6.07, 6.45) is -0.0659. The van der Waals surface area contributed by atoms with Gasteiger partial charge in [0.15, 0.2) is 5.65 Å². The number of methoxy groups -OCH3 is 1. The number of imidazole rings is 1. The Morgan fingerprint density at radius 1 is 1.02 bits per heavy atom. The summed E-state index contributed by atoms with van der Waals surface area (Å²) >= 11 is 0. The SMILES string of the molecule is COC1CN(C)C(=O)[C@@H]2C[C@@H](CN2c2ncnc3c2cnn3-c2ccc(F)cc2C(F)F)Nc2cccc(n2)-c2cccc3nc(C)n(c23)C1. The van der Waals surface area contributed by atoms with Crippen LogP contribution in [-0.4, -0.2) is 90.5 Å². The molecule has 2 aliphatic rings. The second-order valence-electron chi connectivity index (χ2n) is 12.7. The Balaban J connectivity index is 1.22. The number of carbonyl (C=O) groups excluding carboxylic acids is 1. The number of pyridine rings is 1. The lowest BCUT2D eigenvalue weighted by atomic mass is 10.1. The van der Waals surface area contributed by atoms with Crippen LogP contribution < -0.4 is 10.2 Å². The molecular formula is C35H33F3N10O2. The highest BCUT2D eigenvalue weighted by molar-refractivity contribution is 5.93. The van der Waals surface area contributed by atoms with E-state index in [0.29, 0.717) is 43.1 Å². The number of benzene rings is 2. The number of alkyl halides is 2. The predicted molar refractivity (Wildman–Crippen MR) is 181 cm³/mol. The van der Waals surface area contributed by atoms with Crippen molar-refractivity contribution in [2.75, 3.05) is 37.5 Å². The number of aryl methyl sites for hydroxylation is 1. The molecule has 4 aromatic heterocycles. The number of amides is 1. The standard InChI is InChI=1S/C35H33F3N10O2/c1-19-42-27-8-4-6-23-26-7-5-9-30(44-26)43-21-13-29(35(49)45(2)16-22(50-3)17-46(19)31(23)27)47(15-21)33-25-14-41-48(34(25)40-18-39-33)28-11-10-20(36)12-24(28)32(37)38/h4-12,14,18,21-22,29,32H,13,15-17H2,1-3H3,(H,43,44)/t21-,22?,29-/m0/s1. The van der Waals surface area contributed by atoms with E-state index in [0.717, 1.165) is 40.2 Å². The molecule has 6 heterocycles. The summed E-state index contributed by atoms with van der Waals surface area (Å²) in [5.41, 5.74) is 3.24. The normalized spacial score (nSPS) is 19.7. The highest BCUT2D eigenvalue weighted by atomic mass is 19.3. The number of anilines is 2. The largest absolute Gasteiger partial charge is 0.378 e. The van der Waals surface area contributed by atoms with Crippen molar-refractivity contribution in [1.29, 1.82) is 0 Å². The van der Waals surface area contributed by atoms with Crippen molar-refractivity contribution in [3.8, 4) is 16.9 Å². The summed E-state index contributed by atoms with van der Waals surface area (Å²) in [6.45, 7) is 3.10. The van der Waals surface area contributed by atoms with Gasteiger partial charge in [-0.15, -0.1) is 0 Å². The second-order valence-corrected chi connectivity index (χ2v) is 12.7. The zero-order valence-electron chi connectivity index (χ0n) is 27.5. The average Bonchev–Trinajstić information content (AvgIpc) is 3.82. The first-order valence-corrected chi connectivity index (χ1v) is 16.2. The van der Waals surface area contributed by atoms with E-state index >= 15 is 0 Å². The Morgan fingerprint density at radius 2 is 1.86 bits per heavy atom. The highest BCUT2D eigenvalue weighted by Gasteiger charge is 2.41. The van der Waals surface area contributed by atoms with Crippen LogP contribution in [0.25, 0.3) is 39.0 Å². The van der Waals surface area contributed by atoms with E-state index in [1.165, 1.54) is 23.3 Å². The molecule has 6 aromatic rings. The van der Waals surface area contributed by atoms with Crippen LogP contribution in [-0.2, 0) is 16.1 Å². The molecule has 1 unspecified atom stereocenters. The topological polar surface area (TPSA) is 119 Å². The van der Waals surface area contributed by atoms with Gasteiger partial charge in [0.2, 0.25) is 5.91 Å². The Labute approximate surface area is 284 Å². The van der Waals surface area contributed by atoms with Gasteiger partial charge >= 0.3 is 0 Å². The number of hydrogen-bond donors (Lipinski definition) is 1. The van der Waals surface area contributed by atoms with Crippen LogP contribution in [0, 0.1) is 12.7 Å². The number of carbonyl (C=O) groups is 1. The fourth-order valence-corrected chi connectivity index (χ4v) is 7.20. The zero-order chi connectivity index (χ0) is 34.7. The molecule has 1 N–H and O–H groups in total. The summed E-state index contributed by atoms with van der Waals surface area (Å²) in [6, 6.07) is 14.1. The van der Waals surface area contributed by atoms with Crippen molar-refractivity contribution in [3.05, 3.63) is 84.3 Å². The van der Waals surface area contributed by atoms with Crippen LogP contribution in [0.4, 0.5) is 24.8 Å². The maximum Gasteiger partial charge on any atom is 0.266 e. The van der Waals surface area contributed by atoms with Gasteiger partial charge in [-0.25, -0.2) is 37.8 Å². The summed E-state index contributed by atoms with van der Waals surface area (Å²) in [7, 11) is 3.39. The van der Waals surface area contributed by atoms with Crippen LogP contribution in [0.1, 0.15) is 24.2 Å². The number of para-hydroxylation sites is 1. The van der Waals surface area contributed by atoms with Crippen LogP contribution in [0.5, 0.6) is 0 Å². The molecule has 256 valence electrons. The molecule has 8 rings (SSSR count). The number of rotatable bonds is 4. The molecule has 0 spiro atoms. The zero-order valence-corrected chi connectivity index (χ0v) is 27.5. The van der Waals surface area contributed by atoms with Crippen LogP contribution in [0.3, 0.4) is 0 Å². The van der Waals surface area contributed by atoms with Crippen molar-refractivity contribution in [1.82, 2.24) is 39.2 Å². The molecule has 0 radical (unpaired) electrons. The Kier molecular flexibility index (Phi) is 7.85. The molecule has 1 saturated heterocycles. The molecule has 1 amide bonds.